The number of carbonyl (C=O) groups excluding carboxylic acids is 1. The molecule has 2 aliphatic rings. The Morgan fingerprint density at radius 2 is 1.96 bits per heavy atom. The molecule has 1 amide bonds. The van der Waals surface area contributed by atoms with Crippen molar-refractivity contribution in [1.29, 1.82) is 0 Å². The Morgan fingerprint density at radius 1 is 1.21 bits per heavy atom. The summed E-state index contributed by atoms with van der Waals surface area (Å²) in [5.74, 6) is 0.957. The molecule has 1 aliphatic carbocycles. The summed E-state index contributed by atoms with van der Waals surface area (Å²) in [6.07, 6.45) is 5.89. The molecular formula is C22H35N3O3. The smallest absolute Gasteiger partial charge is 0.236 e. The van der Waals surface area contributed by atoms with Crippen molar-refractivity contribution in [3.8, 4) is 5.75 Å². The summed E-state index contributed by atoms with van der Waals surface area (Å²) in [4.78, 5) is 18.2. The zero-order chi connectivity index (χ0) is 19.9. The summed E-state index contributed by atoms with van der Waals surface area (Å²) in [5.41, 5.74) is 1.06. The van der Waals surface area contributed by atoms with Crippen molar-refractivity contribution in [3.05, 3.63) is 29.8 Å². The molecule has 1 heterocycles. The maximum atomic E-state index is 11.9. The SMILES string of the molecule is CN1CCN(Cc2ccccc2OC[C@H](O)CN(C)C2CCCCC2)CC1=O. The average molecular weight is 390 g/mol. The van der Waals surface area contributed by atoms with Crippen molar-refractivity contribution < 1.29 is 14.6 Å². The van der Waals surface area contributed by atoms with E-state index in [4.69, 9.17) is 4.74 Å². The van der Waals surface area contributed by atoms with Crippen LogP contribution in [-0.2, 0) is 11.3 Å². The molecule has 0 spiro atoms. The van der Waals surface area contributed by atoms with Crippen LogP contribution in [0.1, 0.15) is 37.7 Å². The van der Waals surface area contributed by atoms with E-state index >= 15 is 0 Å². The lowest BCUT2D eigenvalue weighted by Crippen LogP contribution is -2.48. The molecule has 1 aromatic carbocycles. The number of hydrogen-bond acceptors (Lipinski definition) is 5. The van der Waals surface area contributed by atoms with Gasteiger partial charge in [-0.15, -0.1) is 0 Å². The molecular weight excluding hydrogens is 354 g/mol. The lowest BCUT2D eigenvalue weighted by atomic mass is 9.94. The highest BCUT2D eigenvalue weighted by Crippen LogP contribution is 2.23. The first-order valence-corrected chi connectivity index (χ1v) is 10.6. The summed E-state index contributed by atoms with van der Waals surface area (Å²) < 4.78 is 5.98. The van der Waals surface area contributed by atoms with Crippen LogP contribution < -0.4 is 4.74 Å². The van der Waals surface area contributed by atoms with Gasteiger partial charge in [-0.3, -0.25) is 9.69 Å². The van der Waals surface area contributed by atoms with E-state index in [1.165, 1.54) is 32.1 Å². The van der Waals surface area contributed by atoms with Crippen LogP contribution in [0, 0.1) is 0 Å². The second kappa shape index (κ2) is 10.2. The van der Waals surface area contributed by atoms with E-state index in [0.29, 0.717) is 25.7 Å². The summed E-state index contributed by atoms with van der Waals surface area (Å²) in [6, 6.07) is 8.52. The Balaban J connectivity index is 1.49. The lowest BCUT2D eigenvalue weighted by molar-refractivity contribution is -0.134. The summed E-state index contributed by atoms with van der Waals surface area (Å²) in [6.45, 7) is 3.68. The number of aliphatic hydroxyl groups is 1. The van der Waals surface area contributed by atoms with E-state index < -0.39 is 6.10 Å². The topological polar surface area (TPSA) is 56.2 Å². The van der Waals surface area contributed by atoms with Crippen molar-refractivity contribution in [2.75, 3.05) is 46.9 Å². The number of amides is 1. The lowest BCUT2D eigenvalue weighted by Gasteiger charge is -2.33. The molecule has 6 nitrogen and oxygen atoms in total. The standard InChI is InChI=1S/C22H35N3O3/c1-23-12-13-25(16-22(23)27)14-18-8-6-7-11-21(18)28-17-20(26)15-24(2)19-9-4-3-5-10-19/h6-8,11,19-20,26H,3-5,9-10,12-17H2,1-2H3/t20-/m1/s1. The minimum Gasteiger partial charge on any atom is -0.491 e. The fraction of sp³-hybridized carbons (Fsp3) is 0.682. The highest BCUT2D eigenvalue weighted by Gasteiger charge is 2.23. The minimum absolute atomic E-state index is 0.158. The quantitative estimate of drug-likeness (QED) is 0.737. The van der Waals surface area contributed by atoms with Crippen LogP contribution in [0.25, 0.3) is 0 Å². The molecule has 1 saturated carbocycles. The third-order valence-electron chi connectivity index (χ3n) is 6.03. The first kappa shape index (κ1) is 21.1. The zero-order valence-corrected chi connectivity index (χ0v) is 17.3. The van der Waals surface area contributed by atoms with E-state index in [1.54, 1.807) is 4.90 Å². The maximum Gasteiger partial charge on any atom is 0.236 e. The van der Waals surface area contributed by atoms with Crippen molar-refractivity contribution >= 4 is 5.91 Å². The Labute approximate surface area is 169 Å². The normalized spacial score (nSPS) is 20.6. The van der Waals surface area contributed by atoms with Gasteiger partial charge in [0.1, 0.15) is 18.5 Å². The number of rotatable bonds is 8. The van der Waals surface area contributed by atoms with Gasteiger partial charge in [0, 0.05) is 44.8 Å². The molecule has 1 N–H and O–H groups in total. The molecule has 1 saturated heterocycles. The Hall–Kier alpha value is -1.63. The molecule has 1 aromatic rings. The summed E-state index contributed by atoms with van der Waals surface area (Å²) >= 11 is 0. The number of ether oxygens (including phenoxy) is 1. The number of hydrogen-bond donors (Lipinski definition) is 1. The van der Waals surface area contributed by atoms with E-state index in [0.717, 1.165) is 24.4 Å². The van der Waals surface area contributed by atoms with Gasteiger partial charge in [0.25, 0.3) is 0 Å². The minimum atomic E-state index is -0.509. The molecule has 2 fully saturated rings. The second-order valence-corrected chi connectivity index (χ2v) is 8.33. The van der Waals surface area contributed by atoms with Gasteiger partial charge in [-0.2, -0.15) is 0 Å². The van der Waals surface area contributed by atoms with Gasteiger partial charge in [0.2, 0.25) is 5.91 Å². The predicted octanol–water partition coefficient (Wildman–Crippen LogP) is 1.96. The van der Waals surface area contributed by atoms with Crippen LogP contribution in [0.2, 0.25) is 0 Å². The van der Waals surface area contributed by atoms with Crippen molar-refractivity contribution in [3.63, 3.8) is 0 Å². The molecule has 6 heteroatoms. The van der Waals surface area contributed by atoms with Crippen LogP contribution in [0.15, 0.2) is 24.3 Å². The van der Waals surface area contributed by atoms with Gasteiger partial charge in [0.15, 0.2) is 0 Å². The zero-order valence-electron chi connectivity index (χ0n) is 17.3. The molecule has 1 atom stereocenters. The summed E-state index contributed by atoms with van der Waals surface area (Å²) in [7, 11) is 3.96. The number of carbonyl (C=O) groups is 1. The molecule has 0 bridgehead atoms. The van der Waals surface area contributed by atoms with Gasteiger partial charge in [0.05, 0.1) is 6.54 Å². The van der Waals surface area contributed by atoms with Gasteiger partial charge in [-0.25, -0.2) is 0 Å². The Kier molecular flexibility index (Phi) is 7.71. The van der Waals surface area contributed by atoms with Crippen molar-refractivity contribution in [1.82, 2.24) is 14.7 Å². The second-order valence-electron chi connectivity index (χ2n) is 8.33. The summed E-state index contributed by atoms with van der Waals surface area (Å²) in [5, 5.41) is 10.5. The largest absolute Gasteiger partial charge is 0.491 e. The molecule has 28 heavy (non-hydrogen) atoms. The van der Waals surface area contributed by atoms with Gasteiger partial charge in [-0.05, 0) is 26.0 Å². The van der Waals surface area contributed by atoms with E-state index in [9.17, 15) is 9.90 Å². The number of piperazine rings is 1. The fourth-order valence-corrected chi connectivity index (χ4v) is 4.20. The first-order chi connectivity index (χ1) is 13.5. The Morgan fingerprint density at radius 3 is 2.71 bits per heavy atom. The Bertz CT molecular complexity index is 633. The molecule has 1 aliphatic heterocycles. The molecule has 0 radical (unpaired) electrons. The molecule has 0 aromatic heterocycles. The molecule has 3 rings (SSSR count). The number of benzene rings is 1. The van der Waals surface area contributed by atoms with Crippen LogP contribution in [0.3, 0.4) is 0 Å². The highest BCUT2D eigenvalue weighted by atomic mass is 16.5. The molecule has 156 valence electrons. The average Bonchev–Trinajstić information content (AvgIpc) is 2.71. The number of nitrogens with zero attached hydrogens (tertiary/aromatic N) is 3. The van der Waals surface area contributed by atoms with Crippen LogP contribution in [0.5, 0.6) is 5.75 Å². The molecule has 0 unspecified atom stereocenters. The van der Waals surface area contributed by atoms with Crippen molar-refractivity contribution in [2.45, 2.75) is 50.8 Å². The van der Waals surface area contributed by atoms with Crippen LogP contribution in [-0.4, -0.2) is 84.7 Å². The number of aliphatic hydroxyl groups excluding tert-OH is 1. The van der Waals surface area contributed by atoms with E-state index in [2.05, 4.69) is 16.8 Å². The van der Waals surface area contributed by atoms with Crippen LogP contribution >= 0.6 is 0 Å². The first-order valence-electron chi connectivity index (χ1n) is 10.6. The van der Waals surface area contributed by atoms with E-state index in [-0.39, 0.29) is 12.5 Å². The van der Waals surface area contributed by atoms with Crippen molar-refractivity contribution in [2.24, 2.45) is 0 Å². The van der Waals surface area contributed by atoms with E-state index in [1.807, 2.05) is 31.3 Å². The maximum absolute atomic E-state index is 11.9. The van der Waals surface area contributed by atoms with Crippen LogP contribution in [0.4, 0.5) is 0 Å². The fourth-order valence-electron chi connectivity index (χ4n) is 4.20. The predicted molar refractivity (Wildman–Crippen MR) is 110 cm³/mol. The van der Waals surface area contributed by atoms with Gasteiger partial charge < -0.3 is 19.6 Å². The monoisotopic (exact) mass is 389 g/mol. The third kappa shape index (κ3) is 5.93. The van der Waals surface area contributed by atoms with Gasteiger partial charge in [-0.1, -0.05) is 37.5 Å². The van der Waals surface area contributed by atoms with Gasteiger partial charge >= 0.3 is 0 Å². The number of para-hydroxylation sites is 1. The number of likely N-dealkylation sites (N-methyl/N-ethyl adjacent to an activating group) is 2. The third-order valence-corrected chi connectivity index (χ3v) is 6.03. The highest BCUT2D eigenvalue weighted by molar-refractivity contribution is 5.78.